The van der Waals surface area contributed by atoms with Crippen LogP contribution >= 0.6 is 0 Å². The number of imidazole rings is 1. The molecule has 1 aromatic carbocycles. The Hall–Kier alpha value is -2.14. The summed E-state index contributed by atoms with van der Waals surface area (Å²) in [6.07, 6.45) is 3.80. The third-order valence-corrected chi connectivity index (χ3v) is 3.16. The number of benzene rings is 1. The van der Waals surface area contributed by atoms with Crippen molar-refractivity contribution in [1.82, 2.24) is 14.5 Å². The Morgan fingerprint density at radius 1 is 1.25 bits per heavy atom. The van der Waals surface area contributed by atoms with Gasteiger partial charge in [-0.2, -0.15) is 0 Å². The van der Waals surface area contributed by atoms with E-state index >= 15 is 0 Å². The number of hydrogen-bond acceptors (Lipinski definition) is 3. The summed E-state index contributed by atoms with van der Waals surface area (Å²) in [7, 11) is 4.02. The zero-order chi connectivity index (χ0) is 14.5. The molecule has 0 spiro atoms. The summed E-state index contributed by atoms with van der Waals surface area (Å²) in [6.45, 7) is 1.58. The highest BCUT2D eigenvalue weighted by Crippen LogP contribution is 2.09. The molecule has 0 atom stereocenters. The molecule has 0 radical (unpaired) electrons. The fourth-order valence-electron chi connectivity index (χ4n) is 2.09. The van der Waals surface area contributed by atoms with Crippen molar-refractivity contribution in [2.75, 3.05) is 7.05 Å². The molecule has 0 fully saturated rings. The topological polar surface area (TPSA) is 58.4 Å². The highest BCUT2D eigenvalue weighted by molar-refractivity contribution is 5.70. The van der Waals surface area contributed by atoms with Crippen molar-refractivity contribution in [1.29, 1.82) is 0 Å². The standard InChI is InChI=1S/C15H19N3O2/c1-17(11-14-16-7-8-18(14)2)10-13-5-3-12(4-6-13)9-15(19)20/h3-8H,9-11H2,1-2H3,(H,19,20). The van der Waals surface area contributed by atoms with E-state index in [0.717, 1.165) is 30.0 Å². The molecule has 1 heterocycles. The summed E-state index contributed by atoms with van der Waals surface area (Å²) >= 11 is 0. The van der Waals surface area contributed by atoms with Crippen LogP contribution in [-0.4, -0.2) is 32.6 Å². The van der Waals surface area contributed by atoms with E-state index < -0.39 is 5.97 Å². The lowest BCUT2D eigenvalue weighted by Crippen LogP contribution is -2.19. The molecule has 2 aromatic rings. The smallest absolute Gasteiger partial charge is 0.307 e. The van der Waals surface area contributed by atoms with Crippen LogP contribution in [0.5, 0.6) is 0 Å². The van der Waals surface area contributed by atoms with E-state index in [1.165, 1.54) is 0 Å². The van der Waals surface area contributed by atoms with Gasteiger partial charge in [-0.15, -0.1) is 0 Å². The van der Waals surface area contributed by atoms with Gasteiger partial charge in [-0.05, 0) is 18.2 Å². The number of aliphatic carboxylic acids is 1. The zero-order valence-electron chi connectivity index (χ0n) is 11.8. The molecule has 5 heteroatoms. The van der Waals surface area contributed by atoms with Gasteiger partial charge in [-0.1, -0.05) is 24.3 Å². The molecule has 20 heavy (non-hydrogen) atoms. The molecule has 0 saturated carbocycles. The van der Waals surface area contributed by atoms with Crippen LogP contribution in [0.4, 0.5) is 0 Å². The van der Waals surface area contributed by atoms with Crippen LogP contribution in [0.3, 0.4) is 0 Å². The molecular weight excluding hydrogens is 254 g/mol. The first-order chi connectivity index (χ1) is 9.54. The maximum Gasteiger partial charge on any atom is 0.307 e. The minimum absolute atomic E-state index is 0.0728. The Bertz CT molecular complexity index is 575. The summed E-state index contributed by atoms with van der Waals surface area (Å²) in [6, 6.07) is 7.70. The highest BCUT2D eigenvalue weighted by atomic mass is 16.4. The largest absolute Gasteiger partial charge is 0.481 e. The summed E-state index contributed by atoms with van der Waals surface area (Å²) < 4.78 is 2.01. The third-order valence-electron chi connectivity index (χ3n) is 3.16. The lowest BCUT2D eigenvalue weighted by Gasteiger charge is -2.16. The van der Waals surface area contributed by atoms with Crippen LogP contribution in [-0.2, 0) is 31.4 Å². The van der Waals surface area contributed by atoms with Gasteiger partial charge in [0.1, 0.15) is 5.82 Å². The van der Waals surface area contributed by atoms with Gasteiger partial charge in [0.15, 0.2) is 0 Å². The predicted molar refractivity (Wildman–Crippen MR) is 76.2 cm³/mol. The normalized spacial score (nSPS) is 10.9. The van der Waals surface area contributed by atoms with Crippen LogP contribution in [0.25, 0.3) is 0 Å². The lowest BCUT2D eigenvalue weighted by molar-refractivity contribution is -0.136. The second-order valence-corrected chi connectivity index (χ2v) is 5.01. The molecule has 5 nitrogen and oxygen atoms in total. The van der Waals surface area contributed by atoms with Crippen molar-refractivity contribution in [3.63, 3.8) is 0 Å². The van der Waals surface area contributed by atoms with Crippen molar-refractivity contribution in [3.05, 3.63) is 53.6 Å². The van der Waals surface area contributed by atoms with E-state index in [4.69, 9.17) is 5.11 Å². The molecule has 0 saturated heterocycles. The monoisotopic (exact) mass is 273 g/mol. The molecule has 0 unspecified atom stereocenters. The van der Waals surface area contributed by atoms with Gasteiger partial charge in [-0.3, -0.25) is 9.69 Å². The molecule has 0 aliphatic heterocycles. The molecule has 1 N–H and O–H groups in total. The number of aromatic nitrogens is 2. The minimum Gasteiger partial charge on any atom is -0.481 e. The molecule has 0 aliphatic carbocycles. The van der Waals surface area contributed by atoms with Crippen LogP contribution < -0.4 is 0 Å². The number of carbonyl (C=O) groups is 1. The summed E-state index contributed by atoms with van der Waals surface area (Å²) in [5.74, 6) is 0.222. The van der Waals surface area contributed by atoms with Gasteiger partial charge in [0.05, 0.1) is 13.0 Å². The van der Waals surface area contributed by atoms with Crippen LogP contribution in [0.2, 0.25) is 0 Å². The first-order valence-corrected chi connectivity index (χ1v) is 6.49. The quantitative estimate of drug-likeness (QED) is 0.870. The van der Waals surface area contributed by atoms with Crippen molar-refractivity contribution >= 4 is 5.97 Å². The minimum atomic E-state index is -0.801. The fourth-order valence-corrected chi connectivity index (χ4v) is 2.09. The van der Waals surface area contributed by atoms with E-state index in [0.29, 0.717) is 0 Å². The van der Waals surface area contributed by atoms with Crippen LogP contribution in [0.1, 0.15) is 17.0 Å². The summed E-state index contributed by atoms with van der Waals surface area (Å²) in [5.41, 5.74) is 1.99. The molecule has 106 valence electrons. The molecule has 0 amide bonds. The van der Waals surface area contributed by atoms with Crippen LogP contribution in [0.15, 0.2) is 36.7 Å². The Morgan fingerprint density at radius 2 is 1.90 bits per heavy atom. The average molecular weight is 273 g/mol. The maximum absolute atomic E-state index is 10.6. The predicted octanol–water partition coefficient (Wildman–Crippen LogP) is 1.68. The number of hydrogen-bond donors (Lipinski definition) is 1. The Morgan fingerprint density at radius 3 is 2.45 bits per heavy atom. The number of rotatable bonds is 6. The van der Waals surface area contributed by atoms with E-state index in [-0.39, 0.29) is 6.42 Å². The van der Waals surface area contributed by atoms with Crippen molar-refractivity contribution in [2.24, 2.45) is 7.05 Å². The Labute approximate surface area is 118 Å². The molecule has 1 aromatic heterocycles. The first-order valence-electron chi connectivity index (χ1n) is 6.49. The average Bonchev–Trinajstić information content (AvgIpc) is 2.77. The number of nitrogens with zero attached hydrogens (tertiary/aromatic N) is 3. The molecule has 0 aliphatic rings. The van der Waals surface area contributed by atoms with Crippen molar-refractivity contribution in [2.45, 2.75) is 19.5 Å². The van der Waals surface area contributed by atoms with Crippen molar-refractivity contribution < 1.29 is 9.90 Å². The van der Waals surface area contributed by atoms with Crippen molar-refractivity contribution in [3.8, 4) is 0 Å². The first kappa shape index (κ1) is 14.3. The SMILES string of the molecule is CN(Cc1ccc(CC(=O)O)cc1)Cc1nccn1C. The van der Waals surface area contributed by atoms with Crippen LogP contribution in [0, 0.1) is 0 Å². The maximum atomic E-state index is 10.6. The molecular formula is C15H19N3O2. The second-order valence-electron chi connectivity index (χ2n) is 5.01. The number of carboxylic acid groups (broad SMARTS) is 1. The van der Waals surface area contributed by atoms with Gasteiger partial charge in [-0.25, -0.2) is 4.98 Å². The second kappa shape index (κ2) is 6.34. The zero-order valence-corrected chi connectivity index (χ0v) is 11.8. The summed E-state index contributed by atoms with van der Waals surface area (Å²) in [5, 5.41) is 8.73. The molecule has 0 bridgehead atoms. The highest BCUT2D eigenvalue weighted by Gasteiger charge is 2.06. The number of aryl methyl sites for hydroxylation is 1. The molecule has 2 rings (SSSR count). The number of carboxylic acids is 1. The van der Waals surface area contributed by atoms with Gasteiger partial charge in [0.2, 0.25) is 0 Å². The van der Waals surface area contributed by atoms with E-state index in [9.17, 15) is 4.79 Å². The Kier molecular flexibility index (Phi) is 4.53. The van der Waals surface area contributed by atoms with Gasteiger partial charge >= 0.3 is 5.97 Å². The van der Waals surface area contributed by atoms with Gasteiger partial charge in [0.25, 0.3) is 0 Å². The third kappa shape index (κ3) is 3.93. The Balaban J connectivity index is 1.92. The van der Waals surface area contributed by atoms with Gasteiger partial charge in [0, 0.05) is 26.0 Å². The van der Waals surface area contributed by atoms with E-state index in [1.807, 2.05) is 49.1 Å². The fraction of sp³-hybridized carbons (Fsp3) is 0.333. The van der Waals surface area contributed by atoms with Gasteiger partial charge < -0.3 is 9.67 Å². The lowest BCUT2D eigenvalue weighted by atomic mass is 10.1. The van der Waals surface area contributed by atoms with E-state index in [2.05, 4.69) is 9.88 Å². The van der Waals surface area contributed by atoms with E-state index in [1.54, 1.807) is 6.20 Å². The summed E-state index contributed by atoms with van der Waals surface area (Å²) in [4.78, 5) is 17.1.